The summed E-state index contributed by atoms with van der Waals surface area (Å²) >= 11 is 0.943. The lowest BCUT2D eigenvalue weighted by molar-refractivity contribution is 0.0696. The minimum Gasteiger partial charge on any atom is -0.476 e. The number of nitrogens with zero attached hydrogens (tertiary/aromatic N) is 1. The first-order chi connectivity index (χ1) is 7.36. The molecule has 0 saturated heterocycles. The third-order valence-electron chi connectivity index (χ3n) is 2.27. The number of aromatic nitrogens is 1. The van der Waals surface area contributed by atoms with E-state index in [1.165, 1.54) is 5.38 Å². The predicted molar refractivity (Wildman–Crippen MR) is 61.5 cm³/mol. The molecular formula is C9H13NO4S2. The van der Waals surface area contributed by atoms with Crippen LogP contribution < -0.4 is 0 Å². The zero-order valence-corrected chi connectivity index (χ0v) is 10.6. The summed E-state index contributed by atoms with van der Waals surface area (Å²) in [6.07, 6.45) is 0.540. The van der Waals surface area contributed by atoms with E-state index in [9.17, 15) is 13.2 Å². The van der Waals surface area contributed by atoms with Gasteiger partial charge in [-0.05, 0) is 13.3 Å². The van der Waals surface area contributed by atoms with E-state index in [2.05, 4.69) is 4.98 Å². The molecule has 0 aliphatic carbocycles. The van der Waals surface area contributed by atoms with E-state index in [0.717, 1.165) is 11.3 Å². The highest BCUT2D eigenvalue weighted by Gasteiger charge is 2.21. The quantitative estimate of drug-likeness (QED) is 0.871. The number of carbonyl (C=O) groups is 1. The van der Waals surface area contributed by atoms with Crippen molar-refractivity contribution in [1.29, 1.82) is 0 Å². The van der Waals surface area contributed by atoms with Crippen molar-refractivity contribution in [2.45, 2.75) is 31.3 Å². The molecule has 5 nitrogen and oxygen atoms in total. The van der Waals surface area contributed by atoms with E-state index < -0.39 is 21.1 Å². The molecule has 0 amide bonds. The summed E-state index contributed by atoms with van der Waals surface area (Å²) in [5, 5.41) is 9.62. The average Bonchev–Trinajstić information content (AvgIpc) is 2.64. The number of hydrogen-bond donors (Lipinski definition) is 1. The highest BCUT2D eigenvalue weighted by molar-refractivity contribution is 7.91. The topological polar surface area (TPSA) is 84.3 Å². The summed E-state index contributed by atoms with van der Waals surface area (Å²) in [6, 6.07) is 0. The van der Waals surface area contributed by atoms with Crippen molar-refractivity contribution < 1.29 is 18.3 Å². The van der Waals surface area contributed by atoms with Crippen LogP contribution >= 0.6 is 11.3 Å². The van der Waals surface area contributed by atoms with Gasteiger partial charge in [0.15, 0.2) is 9.84 Å². The van der Waals surface area contributed by atoms with Gasteiger partial charge in [0.05, 0.1) is 16.7 Å². The summed E-state index contributed by atoms with van der Waals surface area (Å²) in [4.78, 5) is 14.3. The first kappa shape index (κ1) is 13.1. The third-order valence-corrected chi connectivity index (χ3v) is 5.41. The molecule has 7 heteroatoms. The van der Waals surface area contributed by atoms with Crippen LogP contribution in [0.1, 0.15) is 35.8 Å². The Morgan fingerprint density at radius 3 is 2.69 bits per heavy atom. The summed E-state index contributed by atoms with van der Waals surface area (Å²) in [7, 11) is -3.22. The largest absolute Gasteiger partial charge is 0.476 e. The molecule has 1 atom stereocenters. The molecule has 1 rings (SSSR count). The van der Waals surface area contributed by atoms with Crippen LogP contribution in [0.3, 0.4) is 0 Å². The molecule has 0 aliphatic heterocycles. The van der Waals surface area contributed by atoms with Crippen molar-refractivity contribution in [3.05, 3.63) is 16.1 Å². The Bertz CT molecular complexity index is 477. The predicted octanol–water partition coefficient (Wildman–Crippen LogP) is 1.55. The van der Waals surface area contributed by atoms with Gasteiger partial charge in [-0.3, -0.25) is 0 Å². The molecule has 0 spiro atoms. The highest BCUT2D eigenvalue weighted by atomic mass is 32.2. The van der Waals surface area contributed by atoms with Crippen LogP contribution in [0.25, 0.3) is 0 Å². The summed E-state index contributed by atoms with van der Waals surface area (Å²) in [6.45, 7) is 3.44. The smallest absolute Gasteiger partial charge is 0.365 e. The first-order valence-corrected chi connectivity index (χ1v) is 7.35. The second-order valence-electron chi connectivity index (χ2n) is 3.48. The van der Waals surface area contributed by atoms with E-state index in [0.29, 0.717) is 12.1 Å². The van der Waals surface area contributed by atoms with Gasteiger partial charge in [0.2, 0.25) is 5.01 Å². The fourth-order valence-corrected chi connectivity index (χ4v) is 3.19. The van der Waals surface area contributed by atoms with Crippen LogP contribution in [0.5, 0.6) is 0 Å². The summed E-state index contributed by atoms with van der Waals surface area (Å²) in [5.41, 5.74) is 0.308. The molecule has 1 unspecified atom stereocenters. The fourth-order valence-electron chi connectivity index (χ4n) is 1.07. The van der Waals surface area contributed by atoms with E-state index in [1.807, 2.05) is 0 Å². The van der Waals surface area contributed by atoms with Crippen molar-refractivity contribution in [3.63, 3.8) is 0 Å². The van der Waals surface area contributed by atoms with Crippen molar-refractivity contribution in [1.82, 2.24) is 4.98 Å². The number of carboxylic acids is 1. The van der Waals surface area contributed by atoms with Gasteiger partial charge in [0, 0.05) is 5.38 Å². The molecule has 1 aromatic rings. The van der Waals surface area contributed by atoms with Gasteiger partial charge in [0.25, 0.3) is 0 Å². The van der Waals surface area contributed by atoms with E-state index in [1.54, 1.807) is 13.8 Å². The van der Waals surface area contributed by atoms with Crippen molar-refractivity contribution in [2.75, 3.05) is 0 Å². The van der Waals surface area contributed by atoms with E-state index in [4.69, 9.17) is 5.11 Å². The van der Waals surface area contributed by atoms with Gasteiger partial charge in [-0.15, -0.1) is 11.3 Å². The number of sulfone groups is 1. The fraction of sp³-hybridized carbons (Fsp3) is 0.556. The Morgan fingerprint density at radius 2 is 2.25 bits per heavy atom. The number of carboxylic acid groups (broad SMARTS) is 1. The maximum absolute atomic E-state index is 11.7. The van der Waals surface area contributed by atoms with Crippen LogP contribution in [-0.4, -0.2) is 29.7 Å². The molecule has 0 fully saturated rings. The van der Waals surface area contributed by atoms with Crippen LogP contribution in [0, 0.1) is 0 Å². The Labute approximate surface area is 98.1 Å². The van der Waals surface area contributed by atoms with Gasteiger partial charge >= 0.3 is 5.97 Å². The SMILES string of the molecule is CCC(C)S(=O)(=O)Cc1csc(C(=O)O)n1. The van der Waals surface area contributed by atoms with Gasteiger partial charge in [-0.25, -0.2) is 18.2 Å². The number of thiazole rings is 1. The molecule has 1 aromatic heterocycles. The lowest BCUT2D eigenvalue weighted by Crippen LogP contribution is -2.18. The first-order valence-electron chi connectivity index (χ1n) is 4.76. The normalized spacial score (nSPS) is 13.6. The summed E-state index contributed by atoms with van der Waals surface area (Å²) in [5.74, 6) is -1.32. The van der Waals surface area contributed by atoms with Gasteiger partial charge < -0.3 is 5.11 Å². The number of hydrogen-bond acceptors (Lipinski definition) is 5. The van der Waals surface area contributed by atoms with Gasteiger partial charge in [-0.2, -0.15) is 0 Å². The lowest BCUT2D eigenvalue weighted by Gasteiger charge is -2.08. The molecule has 0 radical (unpaired) electrons. The van der Waals surface area contributed by atoms with E-state index in [-0.39, 0.29) is 10.8 Å². The third kappa shape index (κ3) is 3.02. The lowest BCUT2D eigenvalue weighted by atomic mass is 10.4. The zero-order chi connectivity index (χ0) is 12.3. The Hall–Kier alpha value is -0.950. The Morgan fingerprint density at radius 1 is 1.62 bits per heavy atom. The van der Waals surface area contributed by atoms with Gasteiger partial charge in [0.1, 0.15) is 0 Å². The van der Waals surface area contributed by atoms with Gasteiger partial charge in [-0.1, -0.05) is 6.92 Å². The molecule has 0 bridgehead atoms. The van der Waals surface area contributed by atoms with Crippen LogP contribution in [-0.2, 0) is 15.6 Å². The molecule has 0 aromatic carbocycles. The monoisotopic (exact) mass is 263 g/mol. The van der Waals surface area contributed by atoms with Crippen molar-refractivity contribution >= 4 is 27.1 Å². The van der Waals surface area contributed by atoms with Crippen LogP contribution in [0.15, 0.2) is 5.38 Å². The van der Waals surface area contributed by atoms with Crippen LogP contribution in [0.4, 0.5) is 0 Å². The second-order valence-corrected chi connectivity index (χ2v) is 6.75. The molecule has 16 heavy (non-hydrogen) atoms. The summed E-state index contributed by atoms with van der Waals surface area (Å²) < 4.78 is 23.5. The molecular weight excluding hydrogens is 250 g/mol. The van der Waals surface area contributed by atoms with Crippen molar-refractivity contribution in [3.8, 4) is 0 Å². The Kier molecular flexibility index (Phi) is 4.03. The molecule has 90 valence electrons. The minimum absolute atomic E-state index is 0.0747. The molecule has 1 N–H and O–H groups in total. The van der Waals surface area contributed by atoms with E-state index >= 15 is 0 Å². The maximum Gasteiger partial charge on any atom is 0.365 e. The average molecular weight is 263 g/mol. The Balaban J connectivity index is 2.85. The maximum atomic E-state index is 11.7. The molecule has 0 aliphatic rings. The second kappa shape index (κ2) is 4.92. The van der Waals surface area contributed by atoms with Crippen molar-refractivity contribution in [2.24, 2.45) is 0 Å². The molecule has 1 heterocycles. The standard InChI is InChI=1S/C9H13NO4S2/c1-3-6(2)16(13,14)5-7-4-15-8(10-7)9(11)12/h4,6H,3,5H2,1-2H3,(H,11,12). The number of rotatable bonds is 5. The highest BCUT2D eigenvalue weighted by Crippen LogP contribution is 2.16. The van der Waals surface area contributed by atoms with Crippen LogP contribution in [0.2, 0.25) is 0 Å². The zero-order valence-electron chi connectivity index (χ0n) is 9.00. The molecule has 0 saturated carbocycles. The number of aromatic carboxylic acids is 1. The minimum atomic E-state index is -3.22.